The van der Waals surface area contributed by atoms with Gasteiger partial charge in [-0.25, -0.2) is 43.7 Å². The van der Waals surface area contributed by atoms with Gasteiger partial charge in [-0.05, 0) is 202 Å². The SMILES string of the molecule is CCCCCCc1cc2c(cc1C(=O)Oc1ccc(C(=O)O)cn1)C(C)(C)CCC2(C)C.CCCCCc1cc2c(cc1C(=O)Oc1ccc(C(=O)O)cn1)C(C)(C)CCC2(C)C.CCCCCc1cc2c(cc1C(=O)Oc1ccc(C(=O)O)nc1)C(C)(C)CCC2(C)C. The summed E-state index contributed by atoms with van der Waals surface area (Å²) in [6.07, 6.45) is 23.7. The molecule has 3 N–H and O–H groups in total. The maximum absolute atomic E-state index is 13.2. The van der Waals surface area contributed by atoms with Gasteiger partial charge in [0.1, 0.15) is 11.4 Å². The zero-order chi connectivity index (χ0) is 69.1. The van der Waals surface area contributed by atoms with Crippen LogP contribution >= 0.6 is 0 Å². The van der Waals surface area contributed by atoms with E-state index in [1.54, 1.807) is 0 Å². The number of hydrogen-bond acceptors (Lipinski definition) is 12. The molecule has 9 rings (SSSR count). The fourth-order valence-corrected chi connectivity index (χ4v) is 13.2. The zero-order valence-corrected chi connectivity index (χ0v) is 58.5. The van der Waals surface area contributed by atoms with Crippen molar-refractivity contribution in [2.24, 2.45) is 0 Å². The monoisotopic (exact) mass is 1280 g/mol. The minimum Gasteiger partial charge on any atom is -0.478 e. The van der Waals surface area contributed by atoms with Crippen LogP contribution in [0.3, 0.4) is 0 Å². The number of fused-ring (bicyclic) bond motifs is 3. The Morgan fingerprint density at radius 2 is 0.670 bits per heavy atom. The van der Waals surface area contributed by atoms with Gasteiger partial charge >= 0.3 is 35.8 Å². The number of nitrogens with zero attached hydrogens (tertiary/aromatic N) is 3. The number of rotatable bonds is 22. The van der Waals surface area contributed by atoms with Gasteiger partial charge in [0.05, 0.1) is 34.0 Å². The Morgan fingerprint density at radius 1 is 0.362 bits per heavy atom. The summed E-state index contributed by atoms with van der Waals surface area (Å²) in [5, 5.41) is 27.1. The van der Waals surface area contributed by atoms with E-state index in [2.05, 4.69) is 137 Å². The molecule has 0 saturated carbocycles. The number of pyridine rings is 3. The van der Waals surface area contributed by atoms with Crippen molar-refractivity contribution >= 4 is 35.8 Å². The summed E-state index contributed by atoms with van der Waals surface area (Å²) < 4.78 is 16.7. The fraction of sp³-hybridized carbons (Fsp3) is 0.506. The van der Waals surface area contributed by atoms with Gasteiger partial charge in [-0.15, -0.1) is 0 Å². The number of carboxylic acid groups (broad SMARTS) is 3. The normalized spacial score (nSPS) is 16.4. The predicted molar refractivity (Wildman–Crippen MR) is 368 cm³/mol. The van der Waals surface area contributed by atoms with E-state index in [9.17, 15) is 28.8 Å². The number of hydrogen-bond donors (Lipinski definition) is 3. The van der Waals surface area contributed by atoms with E-state index < -0.39 is 35.8 Å². The number of benzene rings is 3. The molecule has 15 heteroatoms. The number of carbonyl (C=O) groups excluding carboxylic acids is 3. The Balaban J connectivity index is 0.000000200. The number of aromatic carboxylic acids is 3. The van der Waals surface area contributed by atoms with Crippen LogP contribution in [0.15, 0.2) is 91.4 Å². The number of unbranched alkanes of at least 4 members (excludes halogenated alkanes) is 7. The molecule has 6 aromatic rings. The number of carboxylic acids is 3. The summed E-state index contributed by atoms with van der Waals surface area (Å²) in [5.74, 6) is -4.09. The van der Waals surface area contributed by atoms with Gasteiger partial charge in [-0.2, -0.15) is 0 Å². The van der Waals surface area contributed by atoms with E-state index in [1.165, 1.54) is 94.8 Å². The molecule has 0 atom stereocenters. The number of esters is 3. The number of aryl methyl sites for hydroxylation is 3. The van der Waals surface area contributed by atoms with Crippen LogP contribution in [0.5, 0.6) is 17.5 Å². The largest absolute Gasteiger partial charge is 0.478 e. The summed E-state index contributed by atoms with van der Waals surface area (Å²) in [7, 11) is 0. The van der Waals surface area contributed by atoms with Crippen molar-refractivity contribution in [2.45, 2.75) is 258 Å². The lowest BCUT2D eigenvalue weighted by Gasteiger charge is -2.42. The van der Waals surface area contributed by atoms with Gasteiger partial charge in [0.25, 0.3) is 0 Å². The third-order valence-corrected chi connectivity index (χ3v) is 19.8. The first-order valence-electron chi connectivity index (χ1n) is 33.9. The molecular weight excluding hydrogens is 1180 g/mol. The fourth-order valence-electron chi connectivity index (χ4n) is 13.2. The first-order chi connectivity index (χ1) is 44.1. The van der Waals surface area contributed by atoms with Crippen LogP contribution in [0.25, 0.3) is 0 Å². The highest BCUT2D eigenvalue weighted by Gasteiger charge is 2.41. The second-order valence-electron chi connectivity index (χ2n) is 29.9. The first kappa shape index (κ1) is 73.3. The maximum atomic E-state index is 13.2. The molecule has 0 unspecified atom stereocenters. The van der Waals surface area contributed by atoms with Gasteiger partial charge in [-0.3, -0.25) is 0 Å². The van der Waals surface area contributed by atoms with E-state index in [1.807, 2.05) is 18.2 Å². The Bertz CT molecular complexity index is 3540. The molecule has 3 heterocycles. The molecule has 0 aliphatic heterocycles. The molecule has 15 nitrogen and oxygen atoms in total. The number of carbonyl (C=O) groups is 6. The highest BCUT2D eigenvalue weighted by Crippen LogP contribution is 2.50. The molecule has 94 heavy (non-hydrogen) atoms. The van der Waals surface area contributed by atoms with Gasteiger partial charge in [0.15, 0.2) is 0 Å². The summed E-state index contributed by atoms with van der Waals surface area (Å²) in [5.41, 5.74) is 12.7. The Morgan fingerprint density at radius 3 is 0.947 bits per heavy atom. The molecule has 3 aliphatic rings. The van der Waals surface area contributed by atoms with Crippen LogP contribution in [0.2, 0.25) is 0 Å². The quantitative estimate of drug-likeness (QED) is 0.0424. The van der Waals surface area contributed by atoms with Gasteiger partial charge in [-0.1, -0.05) is 167 Å². The lowest BCUT2D eigenvalue weighted by Crippen LogP contribution is -2.34. The van der Waals surface area contributed by atoms with Crippen LogP contribution < -0.4 is 14.2 Å². The van der Waals surface area contributed by atoms with Crippen molar-refractivity contribution in [3.8, 4) is 17.5 Å². The molecule has 0 radical (unpaired) electrons. The van der Waals surface area contributed by atoms with Crippen LogP contribution in [0, 0.1) is 0 Å². The Hall–Kier alpha value is -8.07. The standard InChI is InChI=1S/C27H35NO4.2C26H33NO4/c1-6-7-8-9-10-18-15-21-22(27(4,5)14-13-26(21,2)3)16-20(18)25(31)32-23-12-11-19(17-28-23)24(29)30;1-6-7-8-9-17-14-20-21(26(4,5)13-12-25(20,2)3)15-19(17)24(30)31-18-10-11-22(23(28)29)27-16-18;1-6-7-8-9-17-14-20-21(26(4,5)13-12-25(20,2)3)15-19(17)24(30)31-22-11-10-18(16-27-22)23(28)29/h11-12,15-17H,6-10,13-14H2,1-5H3,(H,29,30);2*10-11,14-16H,6-9,12-13H2,1-5H3,(H,28,29). The zero-order valence-electron chi connectivity index (χ0n) is 58.5. The van der Waals surface area contributed by atoms with Crippen LogP contribution in [0.4, 0.5) is 0 Å². The molecule has 3 aromatic carbocycles. The van der Waals surface area contributed by atoms with Crippen molar-refractivity contribution < 1.29 is 58.3 Å². The highest BCUT2D eigenvalue weighted by molar-refractivity contribution is 5.95. The van der Waals surface area contributed by atoms with Crippen molar-refractivity contribution in [1.29, 1.82) is 0 Å². The minimum absolute atomic E-state index is 0.00742. The van der Waals surface area contributed by atoms with E-state index in [-0.39, 0.29) is 66.8 Å². The molecule has 0 spiro atoms. The van der Waals surface area contributed by atoms with Crippen LogP contribution in [-0.2, 0) is 51.8 Å². The van der Waals surface area contributed by atoms with Gasteiger partial charge in [0.2, 0.25) is 11.8 Å². The maximum Gasteiger partial charge on any atom is 0.354 e. The molecule has 0 fully saturated rings. The van der Waals surface area contributed by atoms with Crippen molar-refractivity contribution in [3.05, 3.63) is 175 Å². The lowest BCUT2D eigenvalue weighted by molar-refractivity contribution is 0.0680. The Kier molecular flexibility index (Phi) is 23.8. The smallest absolute Gasteiger partial charge is 0.354 e. The molecule has 0 amide bonds. The topological polar surface area (TPSA) is 229 Å². The van der Waals surface area contributed by atoms with Crippen molar-refractivity contribution in [1.82, 2.24) is 15.0 Å². The summed E-state index contributed by atoms with van der Waals surface area (Å²) in [6, 6.07) is 21.2. The number of ether oxygens (including phenoxy) is 3. The first-order valence-corrected chi connectivity index (χ1v) is 33.9. The average Bonchev–Trinajstić information content (AvgIpc) is 0.762. The van der Waals surface area contributed by atoms with Gasteiger partial charge < -0.3 is 29.5 Å². The predicted octanol–water partition coefficient (Wildman–Crippen LogP) is 18.6. The van der Waals surface area contributed by atoms with Gasteiger partial charge in [0, 0.05) is 24.5 Å². The average molecular weight is 1280 g/mol. The number of aromatic nitrogens is 3. The Labute approximate surface area is 557 Å². The molecule has 0 saturated heterocycles. The third kappa shape index (κ3) is 18.0. The van der Waals surface area contributed by atoms with Crippen LogP contribution in [0.1, 0.15) is 319 Å². The second kappa shape index (κ2) is 30.6. The molecule has 3 aromatic heterocycles. The summed E-state index contributed by atoms with van der Waals surface area (Å²) >= 11 is 0. The van der Waals surface area contributed by atoms with E-state index in [4.69, 9.17) is 29.5 Å². The molecule has 0 bridgehead atoms. The third-order valence-electron chi connectivity index (χ3n) is 19.8. The van der Waals surface area contributed by atoms with Crippen molar-refractivity contribution in [2.75, 3.05) is 0 Å². The van der Waals surface area contributed by atoms with Crippen LogP contribution in [-0.4, -0.2) is 66.1 Å². The highest BCUT2D eigenvalue weighted by atomic mass is 16.5. The second-order valence-corrected chi connectivity index (χ2v) is 29.9. The van der Waals surface area contributed by atoms with E-state index >= 15 is 0 Å². The molecule has 3 aliphatic carbocycles. The van der Waals surface area contributed by atoms with E-state index in [0.29, 0.717) is 16.7 Å². The molecular formula is C79H101N3O12. The minimum atomic E-state index is -1.12. The summed E-state index contributed by atoms with van der Waals surface area (Å²) in [6.45, 7) is 33.6. The van der Waals surface area contributed by atoms with Crippen molar-refractivity contribution in [3.63, 3.8) is 0 Å². The lowest BCUT2D eigenvalue weighted by atomic mass is 9.62. The van der Waals surface area contributed by atoms with E-state index in [0.717, 1.165) is 132 Å². The summed E-state index contributed by atoms with van der Waals surface area (Å²) in [4.78, 5) is 84.5. The molecule has 504 valence electrons.